The van der Waals surface area contributed by atoms with Crippen molar-refractivity contribution in [1.82, 2.24) is 4.98 Å². The highest BCUT2D eigenvalue weighted by Gasteiger charge is 2.03. The fraction of sp³-hybridized carbons (Fsp3) is 0.100. The zero-order valence-electron chi connectivity index (χ0n) is 8.11. The van der Waals surface area contributed by atoms with Gasteiger partial charge in [0.2, 0.25) is 0 Å². The van der Waals surface area contributed by atoms with E-state index in [0.29, 0.717) is 15.2 Å². The van der Waals surface area contributed by atoms with E-state index in [9.17, 15) is 0 Å². The molecule has 0 spiro atoms. The highest BCUT2D eigenvalue weighted by Crippen LogP contribution is 2.25. The second-order valence-corrected chi connectivity index (χ2v) is 5.05. The standard InChI is InChI=1S/C10H8Cl2N2S.ClH/c11-8-2-1-6(4-9(8)12)3-7-5-14-10(13)15-7;/h1-2,4-5H,3H2,(H2,13,14);1H. The Balaban J connectivity index is 0.00000128. The lowest BCUT2D eigenvalue weighted by atomic mass is 10.1. The molecule has 2 N–H and O–H groups in total. The molecule has 0 saturated heterocycles. The third-order valence-corrected chi connectivity index (χ3v) is 3.50. The van der Waals surface area contributed by atoms with E-state index in [-0.39, 0.29) is 12.4 Å². The van der Waals surface area contributed by atoms with Gasteiger partial charge in [-0.2, -0.15) is 0 Å². The molecule has 0 aliphatic carbocycles. The van der Waals surface area contributed by atoms with E-state index in [4.69, 9.17) is 28.9 Å². The van der Waals surface area contributed by atoms with Crippen LogP contribution in [0.4, 0.5) is 5.13 Å². The van der Waals surface area contributed by atoms with Gasteiger partial charge in [-0.3, -0.25) is 0 Å². The van der Waals surface area contributed by atoms with Crippen molar-refractivity contribution in [3.05, 3.63) is 44.9 Å². The van der Waals surface area contributed by atoms with E-state index in [0.717, 1.165) is 16.9 Å². The summed E-state index contributed by atoms with van der Waals surface area (Å²) < 4.78 is 0. The molecule has 6 heteroatoms. The minimum absolute atomic E-state index is 0. The van der Waals surface area contributed by atoms with Crippen molar-refractivity contribution in [2.24, 2.45) is 0 Å². The fourth-order valence-corrected chi connectivity index (χ4v) is 2.29. The predicted molar refractivity (Wildman–Crippen MR) is 73.0 cm³/mol. The normalized spacial score (nSPS) is 9.88. The first kappa shape index (κ1) is 13.6. The molecule has 1 aromatic heterocycles. The van der Waals surface area contributed by atoms with Gasteiger partial charge in [-0.1, -0.05) is 29.3 Å². The molecule has 0 atom stereocenters. The summed E-state index contributed by atoms with van der Waals surface area (Å²) >= 11 is 13.2. The van der Waals surface area contributed by atoms with Gasteiger partial charge in [-0.05, 0) is 17.7 Å². The lowest BCUT2D eigenvalue weighted by molar-refractivity contribution is 1.22. The lowest BCUT2D eigenvalue weighted by Crippen LogP contribution is -1.84. The molecule has 0 unspecified atom stereocenters. The Kier molecular flexibility index (Phi) is 4.87. The Morgan fingerprint density at radius 2 is 2.00 bits per heavy atom. The van der Waals surface area contributed by atoms with Crippen LogP contribution in [0.15, 0.2) is 24.4 Å². The van der Waals surface area contributed by atoms with Crippen molar-refractivity contribution >= 4 is 52.1 Å². The van der Waals surface area contributed by atoms with Crippen LogP contribution in [0.3, 0.4) is 0 Å². The molecule has 0 amide bonds. The van der Waals surface area contributed by atoms with Crippen LogP contribution >= 0.6 is 46.9 Å². The van der Waals surface area contributed by atoms with Crippen molar-refractivity contribution in [2.75, 3.05) is 5.73 Å². The summed E-state index contributed by atoms with van der Waals surface area (Å²) in [5, 5.41) is 1.74. The maximum Gasteiger partial charge on any atom is 0.180 e. The van der Waals surface area contributed by atoms with Crippen molar-refractivity contribution < 1.29 is 0 Å². The maximum absolute atomic E-state index is 5.92. The largest absolute Gasteiger partial charge is 0.375 e. The van der Waals surface area contributed by atoms with Crippen LogP contribution in [0, 0.1) is 0 Å². The highest BCUT2D eigenvalue weighted by molar-refractivity contribution is 7.15. The number of hydrogen-bond acceptors (Lipinski definition) is 3. The number of halogens is 3. The third-order valence-electron chi connectivity index (χ3n) is 1.93. The van der Waals surface area contributed by atoms with Gasteiger partial charge in [0.25, 0.3) is 0 Å². The van der Waals surface area contributed by atoms with E-state index in [1.165, 1.54) is 11.3 Å². The number of benzene rings is 1. The number of hydrogen-bond donors (Lipinski definition) is 1. The Morgan fingerprint density at radius 3 is 2.56 bits per heavy atom. The van der Waals surface area contributed by atoms with Crippen LogP contribution in [0.5, 0.6) is 0 Å². The molecule has 0 aliphatic heterocycles. The molecule has 0 aliphatic rings. The average molecular weight is 296 g/mol. The van der Waals surface area contributed by atoms with Gasteiger partial charge in [-0.25, -0.2) is 4.98 Å². The first-order valence-corrected chi connectivity index (χ1v) is 5.86. The van der Waals surface area contributed by atoms with Crippen molar-refractivity contribution in [2.45, 2.75) is 6.42 Å². The Morgan fingerprint density at radius 1 is 1.25 bits per heavy atom. The van der Waals surface area contributed by atoms with Crippen LogP contribution in [0.2, 0.25) is 10.0 Å². The summed E-state index contributed by atoms with van der Waals surface area (Å²) in [6.07, 6.45) is 2.56. The average Bonchev–Trinajstić information content (AvgIpc) is 2.58. The van der Waals surface area contributed by atoms with E-state index in [1.54, 1.807) is 12.3 Å². The number of nitrogen functional groups attached to an aromatic ring is 1. The van der Waals surface area contributed by atoms with Crippen molar-refractivity contribution in [3.63, 3.8) is 0 Å². The van der Waals surface area contributed by atoms with Gasteiger partial charge in [0.1, 0.15) is 0 Å². The van der Waals surface area contributed by atoms with Gasteiger partial charge < -0.3 is 5.73 Å². The molecule has 2 nitrogen and oxygen atoms in total. The van der Waals surface area contributed by atoms with Crippen LogP contribution in [0.1, 0.15) is 10.4 Å². The Labute approximate surface area is 114 Å². The fourth-order valence-electron chi connectivity index (χ4n) is 1.26. The zero-order valence-corrected chi connectivity index (χ0v) is 11.3. The van der Waals surface area contributed by atoms with Crippen LogP contribution in [0.25, 0.3) is 0 Å². The van der Waals surface area contributed by atoms with E-state index >= 15 is 0 Å². The number of anilines is 1. The second kappa shape index (κ2) is 5.73. The highest BCUT2D eigenvalue weighted by atomic mass is 35.5. The number of nitrogens with two attached hydrogens (primary N) is 1. The van der Waals surface area contributed by atoms with Crippen LogP contribution < -0.4 is 5.73 Å². The number of rotatable bonds is 2. The number of aromatic nitrogens is 1. The summed E-state index contributed by atoms with van der Waals surface area (Å²) in [7, 11) is 0. The molecule has 0 saturated carbocycles. The summed E-state index contributed by atoms with van der Waals surface area (Å²) in [6.45, 7) is 0. The smallest absolute Gasteiger partial charge is 0.180 e. The minimum atomic E-state index is 0. The quantitative estimate of drug-likeness (QED) is 0.908. The number of thiazole rings is 1. The SMILES string of the molecule is Cl.Nc1ncc(Cc2ccc(Cl)c(Cl)c2)s1. The number of nitrogens with zero attached hydrogens (tertiary/aromatic N) is 1. The first-order chi connectivity index (χ1) is 7.15. The van der Waals surface area contributed by atoms with Crippen molar-refractivity contribution in [3.8, 4) is 0 Å². The summed E-state index contributed by atoms with van der Waals surface area (Å²) in [4.78, 5) is 5.11. The van der Waals surface area contributed by atoms with Crippen LogP contribution in [-0.2, 0) is 6.42 Å². The molecule has 0 radical (unpaired) electrons. The molecule has 86 valence electrons. The molecule has 16 heavy (non-hydrogen) atoms. The third kappa shape index (κ3) is 3.25. The zero-order chi connectivity index (χ0) is 10.8. The van der Waals surface area contributed by atoms with Gasteiger partial charge in [0.15, 0.2) is 5.13 Å². The van der Waals surface area contributed by atoms with Crippen molar-refractivity contribution in [1.29, 1.82) is 0 Å². The molecular formula is C10H9Cl3N2S. The molecule has 0 bridgehead atoms. The van der Waals surface area contributed by atoms with E-state index in [1.807, 2.05) is 12.1 Å². The molecular weight excluding hydrogens is 287 g/mol. The summed E-state index contributed by atoms with van der Waals surface area (Å²) in [6, 6.07) is 5.60. The van der Waals surface area contributed by atoms with Gasteiger partial charge in [0.05, 0.1) is 10.0 Å². The maximum atomic E-state index is 5.92. The molecule has 0 fully saturated rings. The monoisotopic (exact) mass is 294 g/mol. The predicted octanol–water partition coefficient (Wildman–Crippen LogP) is 4.04. The Bertz CT molecular complexity index is 485. The summed E-state index contributed by atoms with van der Waals surface area (Å²) in [5.41, 5.74) is 6.65. The van der Waals surface area contributed by atoms with Gasteiger partial charge >= 0.3 is 0 Å². The van der Waals surface area contributed by atoms with Gasteiger partial charge in [-0.15, -0.1) is 23.7 Å². The molecule has 1 heterocycles. The molecule has 2 aromatic rings. The lowest BCUT2D eigenvalue weighted by Gasteiger charge is -2.00. The topological polar surface area (TPSA) is 38.9 Å². The first-order valence-electron chi connectivity index (χ1n) is 4.29. The van der Waals surface area contributed by atoms with Crippen LogP contribution in [-0.4, -0.2) is 4.98 Å². The Hall–Kier alpha value is -0.480. The van der Waals surface area contributed by atoms with E-state index in [2.05, 4.69) is 4.98 Å². The second-order valence-electron chi connectivity index (χ2n) is 3.09. The summed E-state index contributed by atoms with van der Waals surface area (Å²) in [5.74, 6) is 0. The van der Waals surface area contributed by atoms with Gasteiger partial charge in [0, 0.05) is 17.5 Å². The van der Waals surface area contributed by atoms with E-state index < -0.39 is 0 Å². The minimum Gasteiger partial charge on any atom is -0.375 e. The molecule has 2 rings (SSSR count). The molecule has 1 aromatic carbocycles.